The first kappa shape index (κ1) is 23.0. The number of carbonyl (C=O) groups is 3. The smallest absolute Gasteiger partial charge is 0.271 e. The van der Waals surface area contributed by atoms with Gasteiger partial charge in [0.15, 0.2) is 5.78 Å². The molecule has 1 heterocycles. The van der Waals surface area contributed by atoms with E-state index in [0.29, 0.717) is 16.3 Å². The van der Waals surface area contributed by atoms with Gasteiger partial charge in [0.25, 0.3) is 11.8 Å². The molecule has 7 nitrogen and oxygen atoms in total. The van der Waals surface area contributed by atoms with Gasteiger partial charge in [-0.1, -0.05) is 49.1 Å². The van der Waals surface area contributed by atoms with E-state index in [1.165, 1.54) is 13.3 Å². The Hall–Kier alpha value is -3.19. The fourth-order valence-corrected chi connectivity index (χ4v) is 4.48. The van der Waals surface area contributed by atoms with E-state index >= 15 is 0 Å². The lowest BCUT2D eigenvalue weighted by molar-refractivity contribution is -0.118. The maximum atomic E-state index is 12.9. The van der Waals surface area contributed by atoms with Crippen LogP contribution in [0.25, 0.3) is 0 Å². The lowest BCUT2D eigenvalue weighted by atomic mass is 9.95. The van der Waals surface area contributed by atoms with Crippen molar-refractivity contribution < 1.29 is 14.4 Å². The predicted octanol–water partition coefficient (Wildman–Crippen LogP) is 4.56. The molecule has 2 amide bonds. The predicted molar refractivity (Wildman–Crippen MR) is 130 cm³/mol. The number of nitrogens with zero attached hydrogens (tertiary/aromatic N) is 2. The molecule has 33 heavy (non-hydrogen) atoms. The minimum atomic E-state index is -0.532. The van der Waals surface area contributed by atoms with Crippen LogP contribution in [-0.2, 0) is 9.59 Å². The summed E-state index contributed by atoms with van der Waals surface area (Å²) in [4.78, 5) is 37.9. The van der Waals surface area contributed by atoms with Gasteiger partial charge in [0.1, 0.15) is 11.8 Å². The summed E-state index contributed by atoms with van der Waals surface area (Å²) < 4.78 is 0. The number of nitrogens with one attached hydrogen (secondary N) is 2. The molecule has 0 saturated heterocycles. The zero-order chi connectivity index (χ0) is 23.4. The molecule has 2 aromatic carbocycles. The molecule has 0 bridgehead atoms. The van der Waals surface area contributed by atoms with Gasteiger partial charge in [0.2, 0.25) is 0 Å². The Bertz CT molecular complexity index is 1080. The van der Waals surface area contributed by atoms with Crippen molar-refractivity contribution in [1.29, 1.82) is 0 Å². The molecule has 1 fully saturated rings. The van der Waals surface area contributed by atoms with Gasteiger partial charge in [0, 0.05) is 18.2 Å². The molecule has 1 saturated carbocycles. The number of hydrazone groups is 1. The highest BCUT2D eigenvalue weighted by molar-refractivity contribution is 6.44. The molecule has 2 aliphatic rings. The molecule has 2 aromatic rings. The lowest BCUT2D eigenvalue weighted by Crippen LogP contribution is -2.36. The monoisotopic (exact) mass is 466 g/mol. The molecular formula is C25H27ClN4O3. The highest BCUT2D eigenvalue weighted by Gasteiger charge is 2.34. The summed E-state index contributed by atoms with van der Waals surface area (Å²) in [5.74, 6) is -0.729. The standard InChI is InChI=1S/C25H27ClN4O3/c1-16(31)23-15-22(29-30(23)19-10-6-3-7-11-19)25(33)28-18-12-13-21(26)20(14-18)24(32)27-17-8-4-2-5-9-17/h3,6-7,10-14,17,23H,2,4-5,8-9,15H2,1H3,(H,27,32)(H,28,33). The Kier molecular flexibility index (Phi) is 7.08. The average molecular weight is 467 g/mol. The number of halogens is 1. The van der Waals surface area contributed by atoms with E-state index < -0.39 is 11.9 Å². The van der Waals surface area contributed by atoms with Crippen molar-refractivity contribution in [2.75, 3.05) is 10.3 Å². The number of anilines is 2. The van der Waals surface area contributed by atoms with Crippen LogP contribution in [0, 0.1) is 0 Å². The molecule has 172 valence electrons. The van der Waals surface area contributed by atoms with Gasteiger partial charge in [-0.25, -0.2) is 0 Å². The molecule has 1 aliphatic heterocycles. The number of amides is 2. The molecule has 8 heteroatoms. The number of carbonyl (C=O) groups excluding carboxylic acids is 3. The van der Waals surface area contributed by atoms with Crippen molar-refractivity contribution in [3.05, 3.63) is 59.1 Å². The largest absolute Gasteiger partial charge is 0.349 e. The Morgan fingerprint density at radius 2 is 1.73 bits per heavy atom. The number of para-hydroxylation sites is 1. The molecular weight excluding hydrogens is 440 g/mol. The van der Waals surface area contributed by atoms with Gasteiger partial charge < -0.3 is 10.6 Å². The van der Waals surface area contributed by atoms with E-state index in [4.69, 9.17) is 11.6 Å². The van der Waals surface area contributed by atoms with Crippen LogP contribution >= 0.6 is 11.6 Å². The van der Waals surface area contributed by atoms with E-state index in [1.807, 2.05) is 30.3 Å². The second-order valence-corrected chi connectivity index (χ2v) is 8.92. The molecule has 0 aromatic heterocycles. The highest BCUT2D eigenvalue weighted by atomic mass is 35.5. The first-order chi connectivity index (χ1) is 15.9. The minimum Gasteiger partial charge on any atom is -0.349 e. The second kappa shape index (κ2) is 10.2. The van der Waals surface area contributed by atoms with Crippen LogP contribution in [0.1, 0.15) is 55.8 Å². The van der Waals surface area contributed by atoms with E-state index in [-0.39, 0.29) is 29.9 Å². The van der Waals surface area contributed by atoms with Crippen LogP contribution in [0.3, 0.4) is 0 Å². The van der Waals surface area contributed by atoms with E-state index in [1.54, 1.807) is 23.2 Å². The van der Waals surface area contributed by atoms with Gasteiger partial charge in [-0.3, -0.25) is 19.4 Å². The van der Waals surface area contributed by atoms with Gasteiger partial charge >= 0.3 is 0 Å². The van der Waals surface area contributed by atoms with Crippen molar-refractivity contribution in [2.45, 2.75) is 57.5 Å². The SMILES string of the molecule is CC(=O)C1CC(C(=O)Nc2ccc(Cl)c(C(=O)NC3CCCCC3)c2)=NN1c1ccccc1. The summed E-state index contributed by atoms with van der Waals surface area (Å²) in [6, 6.07) is 13.7. The third-order valence-corrected chi connectivity index (χ3v) is 6.40. The fourth-order valence-electron chi connectivity index (χ4n) is 4.27. The summed E-state index contributed by atoms with van der Waals surface area (Å²) in [5, 5.41) is 12.2. The van der Waals surface area contributed by atoms with Crippen molar-refractivity contribution >= 4 is 46.3 Å². The van der Waals surface area contributed by atoms with Crippen LogP contribution in [0.4, 0.5) is 11.4 Å². The van der Waals surface area contributed by atoms with Gasteiger partial charge in [-0.15, -0.1) is 0 Å². The summed E-state index contributed by atoms with van der Waals surface area (Å²) in [6.07, 6.45) is 5.56. The Labute approximate surface area is 198 Å². The van der Waals surface area contributed by atoms with Crippen LogP contribution < -0.4 is 15.6 Å². The second-order valence-electron chi connectivity index (χ2n) is 8.51. The van der Waals surface area contributed by atoms with E-state index in [0.717, 1.165) is 31.4 Å². The molecule has 2 N–H and O–H groups in total. The van der Waals surface area contributed by atoms with E-state index in [9.17, 15) is 14.4 Å². The zero-order valence-electron chi connectivity index (χ0n) is 18.5. The minimum absolute atomic E-state index is 0.0708. The van der Waals surface area contributed by atoms with Gasteiger partial charge in [0.05, 0.1) is 16.3 Å². The number of hydrogen-bond acceptors (Lipinski definition) is 5. The number of benzene rings is 2. The van der Waals surface area contributed by atoms with Crippen molar-refractivity contribution in [2.24, 2.45) is 5.10 Å². The van der Waals surface area contributed by atoms with Crippen molar-refractivity contribution in [3.63, 3.8) is 0 Å². The highest BCUT2D eigenvalue weighted by Crippen LogP contribution is 2.26. The quantitative estimate of drug-likeness (QED) is 0.652. The Morgan fingerprint density at radius 1 is 1.00 bits per heavy atom. The number of ketones is 1. The van der Waals surface area contributed by atoms with Crippen molar-refractivity contribution in [3.8, 4) is 0 Å². The Balaban J connectivity index is 1.48. The summed E-state index contributed by atoms with van der Waals surface area (Å²) in [6.45, 7) is 1.49. The van der Waals surface area contributed by atoms with E-state index in [2.05, 4.69) is 15.7 Å². The van der Waals surface area contributed by atoms with Gasteiger partial charge in [-0.05, 0) is 50.1 Å². The molecule has 1 atom stereocenters. The molecule has 0 radical (unpaired) electrons. The first-order valence-electron chi connectivity index (χ1n) is 11.3. The zero-order valence-corrected chi connectivity index (χ0v) is 19.3. The maximum Gasteiger partial charge on any atom is 0.271 e. The molecule has 0 spiro atoms. The van der Waals surface area contributed by atoms with Crippen LogP contribution in [0.5, 0.6) is 0 Å². The molecule has 4 rings (SSSR count). The van der Waals surface area contributed by atoms with Gasteiger partial charge in [-0.2, -0.15) is 5.10 Å². The average Bonchev–Trinajstić information content (AvgIpc) is 3.28. The Morgan fingerprint density at radius 3 is 2.42 bits per heavy atom. The first-order valence-corrected chi connectivity index (χ1v) is 11.6. The summed E-state index contributed by atoms with van der Waals surface area (Å²) in [5.41, 5.74) is 1.76. The number of Topliss-reactive ketones (excluding diaryl/α,β-unsaturated/α-hetero) is 1. The maximum absolute atomic E-state index is 12.9. The summed E-state index contributed by atoms with van der Waals surface area (Å²) >= 11 is 6.27. The third kappa shape index (κ3) is 5.42. The van der Waals surface area contributed by atoms with Crippen LogP contribution in [-0.4, -0.2) is 35.4 Å². The summed E-state index contributed by atoms with van der Waals surface area (Å²) in [7, 11) is 0. The fraction of sp³-hybridized carbons (Fsp3) is 0.360. The number of rotatable bonds is 6. The van der Waals surface area contributed by atoms with Crippen LogP contribution in [0.15, 0.2) is 53.6 Å². The molecule has 1 unspecified atom stereocenters. The topological polar surface area (TPSA) is 90.9 Å². The number of hydrogen-bond donors (Lipinski definition) is 2. The third-order valence-electron chi connectivity index (χ3n) is 6.07. The van der Waals surface area contributed by atoms with Crippen LogP contribution in [0.2, 0.25) is 5.02 Å². The normalized spacial score (nSPS) is 18.5. The van der Waals surface area contributed by atoms with Crippen molar-refractivity contribution in [1.82, 2.24) is 5.32 Å². The lowest BCUT2D eigenvalue weighted by Gasteiger charge is -2.23. The molecule has 1 aliphatic carbocycles.